The van der Waals surface area contributed by atoms with E-state index in [0.717, 1.165) is 50.6 Å². The van der Waals surface area contributed by atoms with Gasteiger partial charge in [-0.2, -0.15) is 0 Å². The number of nitrogens with zero attached hydrogens (tertiary/aromatic N) is 4. The summed E-state index contributed by atoms with van der Waals surface area (Å²) in [6, 6.07) is 4.23. The quantitative estimate of drug-likeness (QED) is 0.273. The van der Waals surface area contributed by atoms with E-state index in [2.05, 4.69) is 71.4 Å². The van der Waals surface area contributed by atoms with Crippen LogP contribution in [-0.4, -0.2) is 40.5 Å². The van der Waals surface area contributed by atoms with Gasteiger partial charge in [-0.15, -0.1) is 35.3 Å². The fourth-order valence-corrected chi connectivity index (χ4v) is 3.36. The molecule has 2 rings (SSSR count). The third-order valence-corrected chi connectivity index (χ3v) is 4.90. The number of unbranched alkanes of at least 4 members (excludes halogenated alkanes) is 1. The van der Waals surface area contributed by atoms with Crippen LogP contribution in [0.4, 0.5) is 0 Å². The van der Waals surface area contributed by atoms with Gasteiger partial charge >= 0.3 is 0 Å². The molecule has 25 heavy (non-hydrogen) atoms. The molecule has 0 aliphatic carbocycles. The number of hydrogen-bond acceptors (Lipinski definition) is 3. The minimum Gasteiger partial charge on any atom is -0.357 e. The molecule has 0 saturated heterocycles. The lowest BCUT2D eigenvalue weighted by Crippen LogP contribution is -2.38. The Bertz CT molecular complexity index is 649. The van der Waals surface area contributed by atoms with E-state index in [9.17, 15) is 0 Å². The van der Waals surface area contributed by atoms with Crippen LogP contribution in [0.25, 0.3) is 0 Å². The van der Waals surface area contributed by atoms with E-state index in [1.165, 1.54) is 10.7 Å². The van der Waals surface area contributed by atoms with E-state index in [1.54, 1.807) is 11.3 Å². The zero-order chi connectivity index (χ0) is 17.4. The van der Waals surface area contributed by atoms with Crippen LogP contribution >= 0.6 is 35.3 Å². The summed E-state index contributed by atoms with van der Waals surface area (Å²) in [7, 11) is 4.17. The Morgan fingerprint density at radius 2 is 2.20 bits per heavy atom. The van der Waals surface area contributed by atoms with Crippen LogP contribution in [0.15, 0.2) is 28.7 Å². The van der Waals surface area contributed by atoms with Crippen molar-refractivity contribution in [1.82, 2.24) is 19.8 Å². The van der Waals surface area contributed by atoms with Gasteiger partial charge in [-0.25, -0.2) is 4.98 Å². The molecule has 0 saturated carbocycles. The van der Waals surface area contributed by atoms with Crippen molar-refractivity contribution in [2.75, 3.05) is 20.1 Å². The summed E-state index contributed by atoms with van der Waals surface area (Å²) in [5, 5.41) is 6.74. The van der Waals surface area contributed by atoms with Crippen LogP contribution in [0.1, 0.15) is 36.2 Å². The molecular formula is C18H30IN5S. The second-order valence-corrected chi connectivity index (χ2v) is 6.98. The first-order chi connectivity index (χ1) is 11.6. The zero-order valence-electron chi connectivity index (χ0n) is 15.7. The molecule has 0 aliphatic heterocycles. The van der Waals surface area contributed by atoms with E-state index in [-0.39, 0.29) is 24.0 Å². The van der Waals surface area contributed by atoms with E-state index in [1.807, 2.05) is 0 Å². The maximum Gasteiger partial charge on any atom is 0.194 e. The number of hydrogen-bond donors (Lipinski definition) is 1. The van der Waals surface area contributed by atoms with Gasteiger partial charge in [0.05, 0.1) is 11.6 Å². The largest absolute Gasteiger partial charge is 0.357 e. The number of aryl methyl sites for hydroxylation is 3. The Morgan fingerprint density at radius 3 is 2.80 bits per heavy atom. The molecule has 0 radical (unpaired) electrons. The molecule has 0 fully saturated rings. The highest BCUT2D eigenvalue weighted by Crippen LogP contribution is 2.11. The van der Waals surface area contributed by atoms with Crippen molar-refractivity contribution in [2.24, 2.45) is 12.0 Å². The third-order valence-electron chi connectivity index (χ3n) is 3.87. The van der Waals surface area contributed by atoms with Crippen molar-refractivity contribution >= 4 is 41.3 Å². The highest BCUT2D eigenvalue weighted by atomic mass is 127. The molecule has 5 nitrogen and oxygen atoms in total. The van der Waals surface area contributed by atoms with Crippen molar-refractivity contribution in [3.63, 3.8) is 0 Å². The number of thiazole rings is 1. The van der Waals surface area contributed by atoms with Gasteiger partial charge in [0.2, 0.25) is 0 Å². The van der Waals surface area contributed by atoms with Gasteiger partial charge in [0, 0.05) is 50.1 Å². The normalized spacial score (nSPS) is 11.3. The number of aromatic nitrogens is 2. The summed E-state index contributed by atoms with van der Waals surface area (Å²) in [6.07, 6.45) is 5.36. The van der Waals surface area contributed by atoms with Crippen LogP contribution in [-0.2, 0) is 20.0 Å². The monoisotopic (exact) mass is 475 g/mol. The molecule has 1 N–H and O–H groups in total. The number of nitrogens with one attached hydrogen (secondary N) is 1. The van der Waals surface area contributed by atoms with Crippen molar-refractivity contribution in [2.45, 2.75) is 39.7 Å². The lowest BCUT2D eigenvalue weighted by molar-refractivity contribution is 0.461. The summed E-state index contributed by atoms with van der Waals surface area (Å²) in [4.78, 5) is 11.5. The zero-order valence-corrected chi connectivity index (χ0v) is 18.8. The van der Waals surface area contributed by atoms with Gasteiger partial charge in [-0.3, -0.25) is 4.99 Å². The molecule has 2 aromatic rings. The maximum absolute atomic E-state index is 4.77. The van der Waals surface area contributed by atoms with E-state index in [0.29, 0.717) is 0 Å². The van der Waals surface area contributed by atoms with E-state index < -0.39 is 0 Å². The standard InChI is InChI=1S/C18H29N5S.HI/c1-5-19-18(23(4)13-16-9-8-12-22(16)3)20-11-7-6-10-17-21-15(2)14-24-17;/h8-9,12,14H,5-7,10-11,13H2,1-4H3,(H,19,20);1H. The first-order valence-corrected chi connectivity index (χ1v) is 9.48. The SMILES string of the molecule is CCNC(=NCCCCc1nc(C)cs1)N(C)Cc1cccn1C.I. The Morgan fingerprint density at radius 1 is 1.40 bits per heavy atom. The first-order valence-electron chi connectivity index (χ1n) is 8.60. The second-order valence-electron chi connectivity index (χ2n) is 6.04. The summed E-state index contributed by atoms with van der Waals surface area (Å²) in [5.41, 5.74) is 2.41. The van der Waals surface area contributed by atoms with E-state index in [4.69, 9.17) is 4.99 Å². The number of aliphatic imine (C=N–C) groups is 1. The predicted octanol–water partition coefficient (Wildman–Crippen LogP) is 3.83. The lowest BCUT2D eigenvalue weighted by Gasteiger charge is -2.22. The smallest absolute Gasteiger partial charge is 0.194 e. The fraction of sp³-hybridized carbons (Fsp3) is 0.556. The van der Waals surface area contributed by atoms with Crippen LogP contribution in [0.5, 0.6) is 0 Å². The Labute approximate surface area is 172 Å². The number of rotatable bonds is 8. The van der Waals surface area contributed by atoms with Gasteiger partial charge in [-0.1, -0.05) is 0 Å². The van der Waals surface area contributed by atoms with Crippen LogP contribution in [0.3, 0.4) is 0 Å². The Hall–Kier alpha value is -1.09. The highest BCUT2D eigenvalue weighted by molar-refractivity contribution is 14.0. The minimum atomic E-state index is 0. The summed E-state index contributed by atoms with van der Waals surface area (Å²) in [6.45, 7) is 6.75. The molecule has 0 atom stereocenters. The van der Waals surface area contributed by atoms with Gasteiger partial charge in [0.1, 0.15) is 0 Å². The Kier molecular flexibility index (Phi) is 10.1. The molecule has 2 aromatic heterocycles. The summed E-state index contributed by atoms with van der Waals surface area (Å²) in [5.74, 6) is 0.976. The molecule has 0 bridgehead atoms. The lowest BCUT2D eigenvalue weighted by atomic mass is 10.2. The highest BCUT2D eigenvalue weighted by Gasteiger charge is 2.08. The minimum absolute atomic E-state index is 0. The van der Waals surface area contributed by atoms with Crippen LogP contribution in [0, 0.1) is 6.92 Å². The molecule has 7 heteroatoms. The summed E-state index contributed by atoms with van der Waals surface area (Å²) < 4.78 is 2.15. The predicted molar refractivity (Wildman–Crippen MR) is 118 cm³/mol. The summed E-state index contributed by atoms with van der Waals surface area (Å²) >= 11 is 1.76. The van der Waals surface area contributed by atoms with E-state index >= 15 is 0 Å². The Balaban J connectivity index is 0.00000312. The van der Waals surface area contributed by atoms with Crippen LogP contribution < -0.4 is 5.32 Å². The van der Waals surface area contributed by atoms with Crippen molar-refractivity contribution in [3.8, 4) is 0 Å². The van der Waals surface area contributed by atoms with Crippen molar-refractivity contribution in [1.29, 1.82) is 0 Å². The maximum atomic E-state index is 4.77. The van der Waals surface area contributed by atoms with Crippen molar-refractivity contribution < 1.29 is 0 Å². The fourth-order valence-electron chi connectivity index (χ4n) is 2.54. The molecule has 2 heterocycles. The van der Waals surface area contributed by atoms with Gasteiger partial charge in [0.25, 0.3) is 0 Å². The average Bonchev–Trinajstić information content (AvgIpc) is 3.14. The van der Waals surface area contributed by atoms with Crippen molar-refractivity contribution in [3.05, 3.63) is 40.1 Å². The topological polar surface area (TPSA) is 45.5 Å². The molecule has 0 aliphatic rings. The third kappa shape index (κ3) is 7.35. The molecule has 0 amide bonds. The number of guanidine groups is 1. The van der Waals surface area contributed by atoms with Gasteiger partial charge < -0.3 is 14.8 Å². The average molecular weight is 475 g/mol. The first kappa shape index (κ1) is 22.0. The molecule has 0 aromatic carbocycles. The molecule has 0 unspecified atom stereocenters. The van der Waals surface area contributed by atoms with Gasteiger partial charge in [0.15, 0.2) is 5.96 Å². The molecular weight excluding hydrogens is 445 g/mol. The van der Waals surface area contributed by atoms with Crippen LogP contribution in [0.2, 0.25) is 0 Å². The molecule has 0 spiro atoms. The van der Waals surface area contributed by atoms with Gasteiger partial charge in [-0.05, 0) is 45.2 Å². The molecule has 140 valence electrons. The second kappa shape index (κ2) is 11.5. The number of halogens is 1.